The Labute approximate surface area is 172 Å². The molecule has 8 heteroatoms. The van der Waals surface area contributed by atoms with E-state index < -0.39 is 23.4 Å². The van der Waals surface area contributed by atoms with Gasteiger partial charge in [-0.3, -0.25) is 14.4 Å². The first-order valence-electron chi connectivity index (χ1n) is 8.89. The minimum absolute atomic E-state index is 0.0451. The molecule has 1 atom stereocenters. The summed E-state index contributed by atoms with van der Waals surface area (Å²) in [5.41, 5.74) is 1.09. The van der Waals surface area contributed by atoms with Crippen LogP contribution in [0.2, 0.25) is 5.02 Å². The Morgan fingerprint density at radius 1 is 1.00 bits per heavy atom. The number of benzene rings is 2. The van der Waals surface area contributed by atoms with Crippen molar-refractivity contribution in [1.29, 1.82) is 0 Å². The number of anilines is 2. The van der Waals surface area contributed by atoms with E-state index >= 15 is 0 Å². The van der Waals surface area contributed by atoms with Gasteiger partial charge >= 0.3 is 0 Å². The van der Waals surface area contributed by atoms with E-state index in [9.17, 15) is 14.4 Å². The molecule has 29 heavy (non-hydrogen) atoms. The molecule has 0 fully saturated rings. The number of carbonyl (C=O) groups excluding carboxylic acids is 2. The fourth-order valence-electron chi connectivity index (χ4n) is 2.71. The summed E-state index contributed by atoms with van der Waals surface area (Å²) < 4.78 is 1.06. The molecule has 0 aliphatic rings. The van der Waals surface area contributed by atoms with Gasteiger partial charge in [0.1, 0.15) is 11.7 Å². The third kappa shape index (κ3) is 4.70. The fraction of sp³-hybridized carbons (Fsp3) is 0.143. The number of para-hydroxylation sites is 1. The Balaban J connectivity index is 2.02. The van der Waals surface area contributed by atoms with Crippen LogP contribution in [0.4, 0.5) is 11.4 Å². The zero-order chi connectivity index (χ0) is 21.0. The van der Waals surface area contributed by atoms with E-state index in [1.807, 2.05) is 30.3 Å². The maximum absolute atomic E-state index is 12.8. The molecule has 0 unspecified atom stereocenters. The van der Waals surface area contributed by atoms with Gasteiger partial charge < -0.3 is 10.6 Å². The van der Waals surface area contributed by atoms with Crippen LogP contribution in [0, 0.1) is 0 Å². The molecule has 0 saturated carbocycles. The molecule has 0 radical (unpaired) electrons. The zero-order valence-electron chi connectivity index (χ0n) is 15.8. The molecule has 3 rings (SSSR count). The third-order valence-electron chi connectivity index (χ3n) is 4.19. The molecule has 2 amide bonds. The van der Waals surface area contributed by atoms with Gasteiger partial charge in [0, 0.05) is 12.5 Å². The van der Waals surface area contributed by atoms with Crippen molar-refractivity contribution in [2.75, 3.05) is 10.6 Å². The van der Waals surface area contributed by atoms with E-state index in [0.717, 1.165) is 10.2 Å². The van der Waals surface area contributed by atoms with Gasteiger partial charge in [-0.2, -0.15) is 5.10 Å². The van der Waals surface area contributed by atoms with Gasteiger partial charge in [0.2, 0.25) is 11.8 Å². The van der Waals surface area contributed by atoms with Gasteiger partial charge in [-0.1, -0.05) is 54.1 Å². The van der Waals surface area contributed by atoms with Crippen molar-refractivity contribution in [3.63, 3.8) is 0 Å². The summed E-state index contributed by atoms with van der Waals surface area (Å²) in [7, 11) is 0. The Bertz CT molecular complexity index is 1110. The first-order valence-corrected chi connectivity index (χ1v) is 9.27. The van der Waals surface area contributed by atoms with Gasteiger partial charge in [-0.25, -0.2) is 4.68 Å². The molecule has 1 aromatic heterocycles. The first kappa shape index (κ1) is 20.3. The van der Waals surface area contributed by atoms with E-state index in [4.69, 9.17) is 11.6 Å². The molecule has 2 N–H and O–H groups in total. The molecule has 1 heterocycles. The highest BCUT2D eigenvalue weighted by Gasteiger charge is 2.21. The SMILES string of the molecule is CC(=O)Nc1cc(-c2ccccc2)nn([C@H](C)C(=O)Nc2ccccc2Cl)c1=O. The normalized spacial score (nSPS) is 11.6. The molecule has 0 saturated heterocycles. The number of aromatic nitrogens is 2. The van der Waals surface area contributed by atoms with E-state index in [-0.39, 0.29) is 5.69 Å². The minimum Gasteiger partial charge on any atom is -0.323 e. The van der Waals surface area contributed by atoms with Crippen LogP contribution < -0.4 is 16.2 Å². The van der Waals surface area contributed by atoms with E-state index in [0.29, 0.717) is 16.4 Å². The molecule has 0 spiro atoms. The van der Waals surface area contributed by atoms with E-state index in [1.165, 1.54) is 13.0 Å². The molecule has 2 aromatic carbocycles. The highest BCUT2D eigenvalue weighted by atomic mass is 35.5. The summed E-state index contributed by atoms with van der Waals surface area (Å²) in [5.74, 6) is -0.862. The van der Waals surface area contributed by atoms with Crippen molar-refractivity contribution in [2.45, 2.75) is 19.9 Å². The summed E-state index contributed by atoms with van der Waals surface area (Å²) in [6.45, 7) is 2.85. The Morgan fingerprint density at radius 2 is 1.66 bits per heavy atom. The van der Waals surface area contributed by atoms with Crippen molar-refractivity contribution >= 4 is 34.8 Å². The number of nitrogens with one attached hydrogen (secondary N) is 2. The summed E-state index contributed by atoms with van der Waals surface area (Å²) in [6.07, 6.45) is 0. The molecule has 3 aromatic rings. The number of halogens is 1. The lowest BCUT2D eigenvalue weighted by molar-refractivity contribution is -0.119. The second-order valence-electron chi connectivity index (χ2n) is 6.39. The first-order chi connectivity index (χ1) is 13.9. The average Bonchev–Trinajstić information content (AvgIpc) is 2.71. The number of carbonyl (C=O) groups is 2. The number of amides is 2. The van der Waals surface area contributed by atoms with Gasteiger partial charge in [-0.15, -0.1) is 0 Å². The van der Waals surface area contributed by atoms with Crippen molar-refractivity contribution in [2.24, 2.45) is 0 Å². The largest absolute Gasteiger partial charge is 0.323 e. The van der Waals surface area contributed by atoms with Gasteiger partial charge in [0.15, 0.2) is 0 Å². The highest BCUT2D eigenvalue weighted by Crippen LogP contribution is 2.22. The molecule has 148 valence electrons. The molecular formula is C21H19ClN4O3. The zero-order valence-corrected chi connectivity index (χ0v) is 16.6. The molecular weight excluding hydrogens is 392 g/mol. The smallest absolute Gasteiger partial charge is 0.291 e. The summed E-state index contributed by atoms with van der Waals surface area (Å²) in [6, 6.07) is 16.5. The molecule has 0 aliphatic carbocycles. The topological polar surface area (TPSA) is 93.1 Å². The lowest BCUT2D eigenvalue weighted by Gasteiger charge is -2.17. The number of hydrogen-bond donors (Lipinski definition) is 2. The summed E-state index contributed by atoms with van der Waals surface area (Å²) in [5, 5.41) is 9.94. The van der Waals surface area contributed by atoms with Crippen LogP contribution in [-0.4, -0.2) is 21.6 Å². The Morgan fingerprint density at radius 3 is 2.31 bits per heavy atom. The summed E-state index contributed by atoms with van der Waals surface area (Å²) in [4.78, 5) is 37.1. The Hall–Kier alpha value is -3.45. The van der Waals surface area contributed by atoms with Crippen molar-refractivity contribution in [3.8, 4) is 11.3 Å². The maximum atomic E-state index is 12.8. The lowest BCUT2D eigenvalue weighted by atomic mass is 10.1. The van der Waals surface area contributed by atoms with Crippen molar-refractivity contribution in [1.82, 2.24) is 9.78 Å². The molecule has 7 nitrogen and oxygen atoms in total. The monoisotopic (exact) mass is 410 g/mol. The maximum Gasteiger partial charge on any atom is 0.291 e. The highest BCUT2D eigenvalue weighted by molar-refractivity contribution is 6.33. The predicted molar refractivity (Wildman–Crippen MR) is 113 cm³/mol. The van der Waals surface area contributed by atoms with E-state index in [1.54, 1.807) is 31.2 Å². The van der Waals surface area contributed by atoms with Gasteiger partial charge in [-0.05, 0) is 25.1 Å². The summed E-state index contributed by atoms with van der Waals surface area (Å²) >= 11 is 6.09. The standard InChI is InChI=1S/C21H19ClN4O3/c1-13(20(28)24-17-11-7-6-10-16(17)22)26-21(29)19(23-14(2)27)12-18(25-26)15-8-4-3-5-9-15/h3-13H,1-2H3,(H,23,27)(H,24,28)/t13-/m1/s1. The van der Waals surface area contributed by atoms with Gasteiger partial charge in [0.25, 0.3) is 5.56 Å². The van der Waals surface area contributed by atoms with Crippen LogP contribution in [-0.2, 0) is 9.59 Å². The van der Waals surface area contributed by atoms with Crippen LogP contribution in [0.5, 0.6) is 0 Å². The quantitative estimate of drug-likeness (QED) is 0.670. The van der Waals surface area contributed by atoms with Crippen LogP contribution in [0.25, 0.3) is 11.3 Å². The van der Waals surface area contributed by atoms with Crippen molar-refractivity contribution in [3.05, 3.63) is 76.0 Å². The van der Waals surface area contributed by atoms with Gasteiger partial charge in [0.05, 0.1) is 16.4 Å². The Kier molecular flexibility index (Phi) is 6.09. The number of nitrogens with zero attached hydrogens (tertiary/aromatic N) is 2. The average molecular weight is 411 g/mol. The fourth-order valence-corrected chi connectivity index (χ4v) is 2.90. The van der Waals surface area contributed by atoms with Crippen LogP contribution in [0.1, 0.15) is 19.9 Å². The number of rotatable bonds is 5. The van der Waals surface area contributed by atoms with E-state index in [2.05, 4.69) is 15.7 Å². The molecule has 0 aliphatic heterocycles. The number of hydrogen-bond acceptors (Lipinski definition) is 4. The lowest BCUT2D eigenvalue weighted by Crippen LogP contribution is -2.35. The predicted octanol–water partition coefficient (Wildman–Crippen LogP) is 3.72. The van der Waals surface area contributed by atoms with Crippen LogP contribution >= 0.6 is 11.6 Å². The third-order valence-corrected chi connectivity index (χ3v) is 4.52. The van der Waals surface area contributed by atoms with Crippen molar-refractivity contribution < 1.29 is 9.59 Å². The molecule has 0 bridgehead atoms. The minimum atomic E-state index is -0.949. The second-order valence-corrected chi connectivity index (χ2v) is 6.79. The van der Waals surface area contributed by atoms with Crippen LogP contribution in [0.3, 0.4) is 0 Å². The van der Waals surface area contributed by atoms with Crippen LogP contribution in [0.15, 0.2) is 65.5 Å². The second kappa shape index (κ2) is 8.70.